The second kappa shape index (κ2) is 8.57. The Balaban J connectivity index is 0.000000442. The molecule has 1 aliphatic heterocycles. The Kier molecular flexibility index (Phi) is 8.15. The van der Waals surface area contributed by atoms with Gasteiger partial charge in [-0.25, -0.2) is 0 Å². The molecule has 2 fully saturated rings. The van der Waals surface area contributed by atoms with Gasteiger partial charge < -0.3 is 10.6 Å². The molecule has 2 aliphatic rings. The first-order valence-electron chi connectivity index (χ1n) is 6.40. The second-order valence-electron chi connectivity index (χ2n) is 3.36. The standard InChI is InChI=1S/C8H15N3.2C2H6/c1-9-8-10-6-4-2-3-5-7(6)11-8;2*1-2/h6-7H,2-5H2,1H3,(H2,9,10,11);2*1-2H3. The average Bonchev–Trinajstić information content (AvgIpc) is 2.77. The van der Waals surface area contributed by atoms with Crippen molar-refractivity contribution in [3.63, 3.8) is 0 Å². The minimum absolute atomic E-state index is 0.655. The molecule has 2 unspecified atom stereocenters. The predicted molar refractivity (Wildman–Crippen MR) is 68.4 cm³/mol. The number of hydrogen-bond acceptors (Lipinski definition) is 1. The Morgan fingerprint density at radius 1 is 0.933 bits per heavy atom. The number of nitrogens with one attached hydrogen (secondary N) is 2. The van der Waals surface area contributed by atoms with Crippen LogP contribution < -0.4 is 10.6 Å². The first-order chi connectivity index (χ1) is 7.40. The fourth-order valence-corrected chi connectivity index (χ4v) is 2.00. The van der Waals surface area contributed by atoms with Crippen molar-refractivity contribution in [2.24, 2.45) is 4.99 Å². The van der Waals surface area contributed by atoms with Crippen LogP contribution in [0.1, 0.15) is 53.4 Å². The highest BCUT2D eigenvalue weighted by Crippen LogP contribution is 2.21. The molecule has 0 aromatic heterocycles. The van der Waals surface area contributed by atoms with E-state index in [2.05, 4.69) is 15.6 Å². The predicted octanol–water partition coefficient (Wildman–Crippen LogP) is 2.53. The normalized spacial score (nSPS) is 26.9. The Hall–Kier alpha value is -0.730. The third-order valence-corrected chi connectivity index (χ3v) is 2.63. The maximum atomic E-state index is 4.11. The van der Waals surface area contributed by atoms with Crippen LogP contribution in [0.15, 0.2) is 4.99 Å². The summed E-state index contributed by atoms with van der Waals surface area (Å²) in [5.74, 6) is 0.988. The highest BCUT2D eigenvalue weighted by Gasteiger charge is 2.31. The Bertz CT molecular complexity index is 162. The van der Waals surface area contributed by atoms with Gasteiger partial charge in [0.15, 0.2) is 5.96 Å². The molecule has 0 amide bonds. The molecule has 1 heterocycles. The number of guanidine groups is 1. The van der Waals surface area contributed by atoms with Crippen LogP contribution in [0.3, 0.4) is 0 Å². The van der Waals surface area contributed by atoms with Gasteiger partial charge >= 0.3 is 0 Å². The lowest BCUT2D eigenvalue weighted by atomic mass is 9.92. The van der Waals surface area contributed by atoms with Gasteiger partial charge in [0.1, 0.15) is 0 Å². The third kappa shape index (κ3) is 4.10. The lowest BCUT2D eigenvalue weighted by Crippen LogP contribution is -2.36. The molecule has 0 aromatic rings. The van der Waals surface area contributed by atoms with Crippen molar-refractivity contribution in [2.75, 3.05) is 7.05 Å². The minimum Gasteiger partial charge on any atom is -0.352 e. The fourth-order valence-electron chi connectivity index (χ4n) is 2.00. The maximum Gasteiger partial charge on any atom is 0.191 e. The molecule has 0 radical (unpaired) electrons. The van der Waals surface area contributed by atoms with Gasteiger partial charge in [-0.1, -0.05) is 40.5 Å². The fraction of sp³-hybridized carbons (Fsp3) is 0.917. The van der Waals surface area contributed by atoms with E-state index in [1.807, 2.05) is 34.7 Å². The Morgan fingerprint density at radius 2 is 1.33 bits per heavy atom. The Labute approximate surface area is 94.7 Å². The summed E-state index contributed by atoms with van der Waals surface area (Å²) in [6.45, 7) is 8.00. The summed E-state index contributed by atoms with van der Waals surface area (Å²) in [5.41, 5.74) is 0. The highest BCUT2D eigenvalue weighted by atomic mass is 15.3. The van der Waals surface area contributed by atoms with Crippen LogP contribution in [0.25, 0.3) is 0 Å². The molecule has 3 heteroatoms. The van der Waals surface area contributed by atoms with Crippen molar-refractivity contribution in [3.05, 3.63) is 0 Å². The minimum atomic E-state index is 0.655. The van der Waals surface area contributed by atoms with Gasteiger partial charge in [0.25, 0.3) is 0 Å². The molecule has 1 saturated carbocycles. The molecular weight excluding hydrogens is 186 g/mol. The molecule has 0 bridgehead atoms. The van der Waals surface area contributed by atoms with Gasteiger partial charge in [-0.3, -0.25) is 4.99 Å². The van der Waals surface area contributed by atoms with Gasteiger partial charge in [-0.2, -0.15) is 0 Å². The molecule has 0 aromatic carbocycles. The van der Waals surface area contributed by atoms with Crippen molar-refractivity contribution in [1.29, 1.82) is 0 Å². The second-order valence-corrected chi connectivity index (χ2v) is 3.36. The van der Waals surface area contributed by atoms with E-state index in [1.165, 1.54) is 25.7 Å². The summed E-state index contributed by atoms with van der Waals surface area (Å²) in [6.07, 6.45) is 5.34. The monoisotopic (exact) mass is 213 g/mol. The number of nitrogens with zero attached hydrogens (tertiary/aromatic N) is 1. The molecule has 90 valence electrons. The van der Waals surface area contributed by atoms with Crippen LogP contribution in [0.5, 0.6) is 0 Å². The van der Waals surface area contributed by atoms with Crippen LogP contribution in [0.4, 0.5) is 0 Å². The summed E-state index contributed by atoms with van der Waals surface area (Å²) < 4.78 is 0. The van der Waals surface area contributed by atoms with Crippen LogP contribution in [-0.4, -0.2) is 25.1 Å². The lowest BCUT2D eigenvalue weighted by Gasteiger charge is -2.23. The van der Waals surface area contributed by atoms with Gasteiger partial charge in [0.2, 0.25) is 0 Å². The first kappa shape index (κ1) is 14.3. The van der Waals surface area contributed by atoms with E-state index in [9.17, 15) is 0 Å². The molecule has 3 nitrogen and oxygen atoms in total. The van der Waals surface area contributed by atoms with Gasteiger partial charge in [0.05, 0.1) is 0 Å². The summed E-state index contributed by atoms with van der Waals surface area (Å²) in [7, 11) is 1.83. The molecule has 2 rings (SSSR count). The number of fused-ring (bicyclic) bond motifs is 1. The summed E-state index contributed by atoms with van der Waals surface area (Å²) in [5, 5.41) is 6.76. The van der Waals surface area contributed by atoms with E-state index in [-0.39, 0.29) is 0 Å². The van der Waals surface area contributed by atoms with Gasteiger partial charge in [0, 0.05) is 19.1 Å². The van der Waals surface area contributed by atoms with E-state index in [0.29, 0.717) is 12.1 Å². The van der Waals surface area contributed by atoms with E-state index in [1.54, 1.807) is 0 Å². The zero-order valence-corrected chi connectivity index (χ0v) is 10.9. The van der Waals surface area contributed by atoms with E-state index in [0.717, 1.165) is 5.96 Å². The zero-order chi connectivity index (χ0) is 11.7. The molecule has 1 saturated heterocycles. The first-order valence-corrected chi connectivity index (χ1v) is 6.40. The van der Waals surface area contributed by atoms with Crippen LogP contribution in [-0.2, 0) is 0 Å². The smallest absolute Gasteiger partial charge is 0.191 e. The highest BCUT2D eigenvalue weighted by molar-refractivity contribution is 5.82. The summed E-state index contributed by atoms with van der Waals surface area (Å²) in [4.78, 5) is 4.11. The van der Waals surface area contributed by atoms with E-state index < -0.39 is 0 Å². The zero-order valence-electron chi connectivity index (χ0n) is 10.9. The van der Waals surface area contributed by atoms with Crippen molar-refractivity contribution >= 4 is 5.96 Å². The van der Waals surface area contributed by atoms with Crippen molar-refractivity contribution < 1.29 is 0 Å². The van der Waals surface area contributed by atoms with Crippen LogP contribution >= 0.6 is 0 Å². The van der Waals surface area contributed by atoms with Crippen LogP contribution in [0.2, 0.25) is 0 Å². The van der Waals surface area contributed by atoms with Gasteiger partial charge in [-0.05, 0) is 12.8 Å². The molecule has 1 aliphatic carbocycles. The average molecular weight is 213 g/mol. The maximum absolute atomic E-state index is 4.11. The summed E-state index contributed by atoms with van der Waals surface area (Å²) >= 11 is 0. The molecule has 0 spiro atoms. The third-order valence-electron chi connectivity index (χ3n) is 2.63. The molecule has 2 atom stereocenters. The molecule has 15 heavy (non-hydrogen) atoms. The van der Waals surface area contributed by atoms with E-state index in [4.69, 9.17) is 0 Å². The largest absolute Gasteiger partial charge is 0.352 e. The SMILES string of the molecule is CC.CC.CN=C1NC2CCCCC2N1. The summed E-state index contributed by atoms with van der Waals surface area (Å²) in [6, 6.07) is 1.31. The topological polar surface area (TPSA) is 36.4 Å². The lowest BCUT2D eigenvalue weighted by molar-refractivity contribution is 0.374. The van der Waals surface area contributed by atoms with Crippen molar-refractivity contribution in [1.82, 2.24) is 10.6 Å². The molecular formula is C12H27N3. The number of hydrogen-bond donors (Lipinski definition) is 2. The van der Waals surface area contributed by atoms with Crippen molar-refractivity contribution in [3.8, 4) is 0 Å². The quantitative estimate of drug-likeness (QED) is 0.649. The van der Waals surface area contributed by atoms with E-state index >= 15 is 0 Å². The number of rotatable bonds is 0. The van der Waals surface area contributed by atoms with Gasteiger partial charge in [-0.15, -0.1) is 0 Å². The van der Waals surface area contributed by atoms with Crippen LogP contribution in [0, 0.1) is 0 Å². The van der Waals surface area contributed by atoms with Crippen molar-refractivity contribution in [2.45, 2.75) is 65.5 Å². The number of aliphatic imine (C=N–C) groups is 1. The Morgan fingerprint density at radius 3 is 1.67 bits per heavy atom. The molecule has 2 N–H and O–H groups in total.